The van der Waals surface area contributed by atoms with Crippen molar-refractivity contribution < 1.29 is 31.5 Å². The molecule has 4 rings (SSSR count). The van der Waals surface area contributed by atoms with Gasteiger partial charge < -0.3 is 14.5 Å². The van der Waals surface area contributed by atoms with Gasteiger partial charge in [0.2, 0.25) is 5.89 Å². The van der Waals surface area contributed by atoms with E-state index in [-0.39, 0.29) is 36.0 Å². The highest BCUT2D eigenvalue weighted by atomic mass is 19.4. The zero-order chi connectivity index (χ0) is 24.8. The molecule has 1 N–H and O–H groups in total. The number of alkyl halides is 3. The third-order valence-corrected chi connectivity index (χ3v) is 5.66. The molecule has 0 unspecified atom stereocenters. The van der Waals surface area contributed by atoms with Crippen molar-refractivity contribution in [1.29, 1.82) is 0 Å². The Labute approximate surface area is 199 Å². The minimum atomic E-state index is -4.41. The van der Waals surface area contributed by atoms with Crippen LogP contribution in [0.1, 0.15) is 45.9 Å². The van der Waals surface area contributed by atoms with Crippen LogP contribution < -0.4 is 5.32 Å². The number of nitrogens with one attached hydrogen (secondary N) is 1. The van der Waals surface area contributed by atoms with Crippen LogP contribution in [0.2, 0.25) is 0 Å². The first-order valence-electron chi connectivity index (χ1n) is 11.2. The van der Waals surface area contributed by atoms with E-state index in [0.717, 1.165) is 30.5 Å². The lowest BCUT2D eigenvalue weighted by Gasteiger charge is -2.21. The average molecular weight is 491 g/mol. The van der Waals surface area contributed by atoms with E-state index in [1.165, 1.54) is 30.5 Å². The molecule has 10 heteroatoms. The van der Waals surface area contributed by atoms with E-state index in [2.05, 4.69) is 10.3 Å². The van der Waals surface area contributed by atoms with Crippen molar-refractivity contribution >= 4 is 5.91 Å². The van der Waals surface area contributed by atoms with Crippen LogP contribution in [0.4, 0.5) is 17.6 Å². The molecule has 0 spiro atoms. The Balaban J connectivity index is 1.44. The van der Waals surface area contributed by atoms with Gasteiger partial charge in [-0.15, -0.1) is 0 Å². The van der Waals surface area contributed by atoms with E-state index in [1.807, 2.05) is 4.90 Å². The molecule has 2 aromatic carbocycles. The summed E-state index contributed by atoms with van der Waals surface area (Å²) in [7, 11) is 0. The first kappa shape index (κ1) is 24.9. The number of nitrogens with zero attached hydrogens (tertiary/aromatic N) is 2. The Bertz CT molecular complexity index is 1110. The summed E-state index contributed by atoms with van der Waals surface area (Å²) in [6, 6.07) is 10.9. The minimum absolute atomic E-state index is 0.000237. The molecule has 186 valence electrons. The van der Waals surface area contributed by atoms with Gasteiger partial charge in [-0.2, -0.15) is 13.2 Å². The Morgan fingerprint density at radius 2 is 1.69 bits per heavy atom. The molecule has 1 aliphatic heterocycles. The molecule has 1 amide bonds. The van der Waals surface area contributed by atoms with E-state index in [0.29, 0.717) is 31.8 Å². The molecule has 0 bridgehead atoms. The second-order valence-electron chi connectivity index (χ2n) is 8.44. The summed E-state index contributed by atoms with van der Waals surface area (Å²) in [4.78, 5) is 18.6. The van der Waals surface area contributed by atoms with E-state index in [9.17, 15) is 22.4 Å². The van der Waals surface area contributed by atoms with Crippen LogP contribution in [0, 0.1) is 5.82 Å². The second kappa shape index (κ2) is 11.0. The summed E-state index contributed by atoms with van der Waals surface area (Å²) >= 11 is 0. The van der Waals surface area contributed by atoms with Crippen LogP contribution >= 0.6 is 0 Å². The molecule has 6 nitrogen and oxygen atoms in total. The van der Waals surface area contributed by atoms with Crippen molar-refractivity contribution in [2.45, 2.75) is 44.8 Å². The maximum absolute atomic E-state index is 13.3. The van der Waals surface area contributed by atoms with Gasteiger partial charge in [0.25, 0.3) is 5.91 Å². The van der Waals surface area contributed by atoms with Crippen LogP contribution in [0.3, 0.4) is 0 Å². The number of ether oxygens (including phenoxy) is 1. The molecule has 1 saturated heterocycles. The molecule has 0 saturated carbocycles. The quantitative estimate of drug-likeness (QED) is 0.430. The molecule has 1 fully saturated rings. The largest absolute Gasteiger partial charge is 0.447 e. The first-order valence-corrected chi connectivity index (χ1v) is 11.2. The van der Waals surface area contributed by atoms with Crippen molar-refractivity contribution in [3.05, 3.63) is 88.9 Å². The smallest absolute Gasteiger partial charge is 0.416 e. The number of hydrogen-bond donors (Lipinski definition) is 1. The molecule has 3 aromatic rings. The first-order chi connectivity index (χ1) is 16.8. The second-order valence-corrected chi connectivity index (χ2v) is 8.44. The van der Waals surface area contributed by atoms with Gasteiger partial charge in [-0.3, -0.25) is 9.69 Å². The highest BCUT2D eigenvalue weighted by Gasteiger charge is 2.30. The number of rotatable bonds is 9. The molecule has 1 atom stereocenters. The van der Waals surface area contributed by atoms with Crippen LogP contribution in [0.15, 0.2) is 59.2 Å². The van der Waals surface area contributed by atoms with Crippen molar-refractivity contribution in [3.63, 3.8) is 0 Å². The Hall–Kier alpha value is -3.24. The lowest BCUT2D eigenvalue weighted by atomic mass is 10.1. The fourth-order valence-electron chi connectivity index (χ4n) is 3.85. The number of carbonyl (C=O) groups is 1. The van der Waals surface area contributed by atoms with Crippen LogP contribution in [-0.4, -0.2) is 35.0 Å². The third-order valence-electron chi connectivity index (χ3n) is 5.66. The lowest BCUT2D eigenvalue weighted by Crippen LogP contribution is -2.32. The molecule has 1 aliphatic rings. The van der Waals surface area contributed by atoms with Gasteiger partial charge in [0.1, 0.15) is 12.1 Å². The normalized spacial score (nSPS) is 16.1. The molecule has 1 aromatic heterocycles. The van der Waals surface area contributed by atoms with Crippen molar-refractivity contribution in [2.75, 3.05) is 13.2 Å². The molecular weight excluding hydrogens is 466 g/mol. The fraction of sp³-hybridized carbons (Fsp3) is 0.360. The summed E-state index contributed by atoms with van der Waals surface area (Å²) in [5, 5.41) is 2.78. The number of benzene rings is 2. The maximum atomic E-state index is 13.3. The van der Waals surface area contributed by atoms with Gasteiger partial charge in [0, 0.05) is 26.2 Å². The van der Waals surface area contributed by atoms with Gasteiger partial charge in [0.05, 0.1) is 18.2 Å². The standard InChI is InChI=1S/C25H25F4N3O3/c26-20-9-5-18(6-10-20)14-32(13-17-3-7-19(8-4-17)25(27,28)29)15-23-31-22(16-35-23)24(33)30-12-21-2-1-11-34-21/h3-10,16,21H,1-2,11-15H2,(H,30,33)/t21-/m1/s1. The summed E-state index contributed by atoms with van der Waals surface area (Å²) < 4.78 is 63.0. The van der Waals surface area contributed by atoms with E-state index >= 15 is 0 Å². The van der Waals surface area contributed by atoms with Gasteiger partial charge in [-0.25, -0.2) is 9.37 Å². The van der Waals surface area contributed by atoms with Crippen molar-refractivity contribution in [2.24, 2.45) is 0 Å². The number of hydrogen-bond acceptors (Lipinski definition) is 5. The molecule has 2 heterocycles. The number of amides is 1. The van der Waals surface area contributed by atoms with Gasteiger partial charge >= 0.3 is 6.18 Å². The van der Waals surface area contributed by atoms with Crippen LogP contribution in [-0.2, 0) is 30.5 Å². The summed E-state index contributed by atoms with van der Waals surface area (Å²) in [6.07, 6.45) is -1.27. The topological polar surface area (TPSA) is 67.6 Å². The predicted molar refractivity (Wildman–Crippen MR) is 119 cm³/mol. The van der Waals surface area contributed by atoms with E-state index < -0.39 is 11.7 Å². The molecule has 35 heavy (non-hydrogen) atoms. The predicted octanol–water partition coefficient (Wildman–Crippen LogP) is 4.94. The van der Waals surface area contributed by atoms with Crippen molar-refractivity contribution in [3.8, 4) is 0 Å². The lowest BCUT2D eigenvalue weighted by molar-refractivity contribution is -0.137. The number of halogens is 4. The Kier molecular flexibility index (Phi) is 7.82. The van der Waals surface area contributed by atoms with Crippen LogP contribution in [0.25, 0.3) is 0 Å². The maximum Gasteiger partial charge on any atom is 0.416 e. The summed E-state index contributed by atoms with van der Waals surface area (Å²) in [5.41, 5.74) is 0.868. The van der Waals surface area contributed by atoms with Gasteiger partial charge in [0.15, 0.2) is 5.69 Å². The number of aromatic nitrogens is 1. The van der Waals surface area contributed by atoms with Gasteiger partial charge in [-0.05, 0) is 48.2 Å². The van der Waals surface area contributed by atoms with Gasteiger partial charge in [-0.1, -0.05) is 24.3 Å². The van der Waals surface area contributed by atoms with E-state index in [4.69, 9.17) is 9.15 Å². The van der Waals surface area contributed by atoms with Crippen molar-refractivity contribution in [1.82, 2.24) is 15.2 Å². The third kappa shape index (κ3) is 7.12. The zero-order valence-corrected chi connectivity index (χ0v) is 18.9. The molecular formula is C25H25F4N3O3. The monoisotopic (exact) mass is 491 g/mol. The minimum Gasteiger partial charge on any atom is -0.447 e. The molecule has 0 aliphatic carbocycles. The Morgan fingerprint density at radius 3 is 2.29 bits per heavy atom. The number of oxazole rings is 1. The summed E-state index contributed by atoms with van der Waals surface area (Å²) in [5.74, 6) is -0.459. The zero-order valence-electron chi connectivity index (χ0n) is 18.9. The number of carbonyl (C=O) groups excluding carboxylic acids is 1. The average Bonchev–Trinajstić information content (AvgIpc) is 3.51. The Morgan fingerprint density at radius 1 is 1.03 bits per heavy atom. The molecule has 0 radical (unpaired) electrons. The highest BCUT2D eigenvalue weighted by Crippen LogP contribution is 2.29. The highest BCUT2D eigenvalue weighted by molar-refractivity contribution is 5.91. The summed E-state index contributed by atoms with van der Waals surface area (Å²) in [6.45, 7) is 1.93. The van der Waals surface area contributed by atoms with Crippen LogP contribution in [0.5, 0.6) is 0 Å². The SMILES string of the molecule is O=C(NC[C@H]1CCCO1)c1coc(CN(Cc2ccc(F)cc2)Cc2ccc(C(F)(F)F)cc2)n1. The fourth-order valence-corrected chi connectivity index (χ4v) is 3.85. The van der Waals surface area contributed by atoms with E-state index in [1.54, 1.807) is 12.1 Å².